The maximum atomic E-state index is 12.4. The van der Waals surface area contributed by atoms with Gasteiger partial charge in [-0.2, -0.15) is 0 Å². The van der Waals surface area contributed by atoms with Crippen molar-refractivity contribution in [2.45, 2.75) is 65.5 Å². The number of hydrogen-bond acceptors (Lipinski definition) is 5. The number of thiazole rings is 1. The second-order valence-corrected chi connectivity index (χ2v) is 7.37. The molecule has 1 rings (SSSR count). The van der Waals surface area contributed by atoms with Crippen molar-refractivity contribution >= 4 is 23.2 Å². The number of carbonyl (C=O) groups excluding carboxylic acids is 1. The van der Waals surface area contributed by atoms with Crippen molar-refractivity contribution in [3.8, 4) is 0 Å². The molecule has 0 aliphatic rings. The van der Waals surface area contributed by atoms with Gasteiger partial charge in [0.05, 0.1) is 0 Å². The zero-order chi connectivity index (χ0) is 19.0. The Morgan fingerprint density at radius 3 is 2.52 bits per heavy atom. The molecule has 0 spiro atoms. The summed E-state index contributed by atoms with van der Waals surface area (Å²) in [6, 6.07) is 0.0121. The molecule has 2 unspecified atom stereocenters. The van der Waals surface area contributed by atoms with Gasteiger partial charge in [0.15, 0.2) is 5.69 Å². The Morgan fingerprint density at radius 2 is 2.04 bits per heavy atom. The van der Waals surface area contributed by atoms with Crippen LogP contribution in [0.4, 0.5) is 0 Å². The number of nitrogens with zero attached hydrogens (tertiary/aromatic N) is 2. The minimum atomic E-state index is -1.04. The first kappa shape index (κ1) is 21.6. The number of aromatic carboxylic acids is 1. The molecular weight excluding hydrogens is 340 g/mol. The van der Waals surface area contributed by atoms with E-state index in [2.05, 4.69) is 25.8 Å². The van der Waals surface area contributed by atoms with E-state index in [9.17, 15) is 9.59 Å². The normalized spacial score (nSPS) is 13.7. The molecule has 2 atom stereocenters. The molecule has 1 N–H and O–H groups in total. The second-order valence-electron chi connectivity index (χ2n) is 6.48. The molecule has 6 nitrogen and oxygen atoms in total. The summed E-state index contributed by atoms with van der Waals surface area (Å²) < 4.78 is 5.83. The standard InChI is InChI=1S/C18H30N2O4S/c1-6-8-9-16(21)20(5)14(12(3)4)10-15(24-7-2)17-19-13(11-25-17)18(22)23/h11-12,14-15H,6-10H2,1-5H3,(H,22,23). The van der Waals surface area contributed by atoms with Gasteiger partial charge in [0, 0.05) is 37.9 Å². The number of carbonyl (C=O) groups is 2. The van der Waals surface area contributed by atoms with Gasteiger partial charge in [0.2, 0.25) is 5.91 Å². The Morgan fingerprint density at radius 1 is 1.36 bits per heavy atom. The fourth-order valence-electron chi connectivity index (χ4n) is 2.76. The molecule has 0 aliphatic heterocycles. The molecule has 0 saturated carbocycles. The lowest BCUT2D eigenvalue weighted by Gasteiger charge is -2.33. The van der Waals surface area contributed by atoms with Gasteiger partial charge >= 0.3 is 5.97 Å². The number of rotatable bonds is 11. The summed E-state index contributed by atoms with van der Waals surface area (Å²) in [5.41, 5.74) is 0.0400. The molecule has 0 fully saturated rings. The molecule has 0 saturated heterocycles. The van der Waals surface area contributed by atoms with Crippen LogP contribution in [0.3, 0.4) is 0 Å². The van der Waals surface area contributed by atoms with Crippen molar-refractivity contribution in [2.24, 2.45) is 5.92 Å². The van der Waals surface area contributed by atoms with E-state index in [0.717, 1.165) is 12.8 Å². The van der Waals surface area contributed by atoms with Crippen molar-refractivity contribution in [3.05, 3.63) is 16.1 Å². The number of unbranched alkanes of at least 4 members (excludes halogenated alkanes) is 1. The Hall–Kier alpha value is -1.47. The first-order valence-electron chi connectivity index (χ1n) is 8.87. The SMILES string of the molecule is CCCCC(=O)N(C)C(CC(OCC)c1nc(C(=O)O)cs1)C(C)C. The van der Waals surface area contributed by atoms with E-state index in [4.69, 9.17) is 9.84 Å². The monoisotopic (exact) mass is 370 g/mol. The van der Waals surface area contributed by atoms with E-state index in [1.165, 1.54) is 16.7 Å². The maximum absolute atomic E-state index is 12.4. The van der Waals surface area contributed by atoms with Crippen LogP contribution in [0, 0.1) is 5.92 Å². The largest absolute Gasteiger partial charge is 0.476 e. The molecule has 0 radical (unpaired) electrons. The van der Waals surface area contributed by atoms with Gasteiger partial charge in [-0.05, 0) is 19.3 Å². The lowest BCUT2D eigenvalue weighted by molar-refractivity contribution is -0.133. The van der Waals surface area contributed by atoms with Crippen LogP contribution >= 0.6 is 11.3 Å². The van der Waals surface area contributed by atoms with Gasteiger partial charge < -0.3 is 14.7 Å². The topological polar surface area (TPSA) is 79.7 Å². The van der Waals surface area contributed by atoms with Crippen LogP contribution in [0.15, 0.2) is 5.38 Å². The Labute approximate surface area is 154 Å². The van der Waals surface area contributed by atoms with Crippen molar-refractivity contribution in [1.29, 1.82) is 0 Å². The van der Waals surface area contributed by atoms with E-state index >= 15 is 0 Å². The van der Waals surface area contributed by atoms with Crippen molar-refractivity contribution in [2.75, 3.05) is 13.7 Å². The average molecular weight is 371 g/mol. The average Bonchev–Trinajstić information content (AvgIpc) is 3.05. The van der Waals surface area contributed by atoms with Crippen LogP contribution in [0.1, 0.15) is 75.0 Å². The Bertz CT molecular complexity index is 559. The molecule has 0 aromatic carbocycles. The third-order valence-corrected chi connectivity index (χ3v) is 5.18. The summed E-state index contributed by atoms with van der Waals surface area (Å²) in [4.78, 5) is 29.5. The Kier molecular flexibility index (Phi) is 9.06. The van der Waals surface area contributed by atoms with E-state index in [0.29, 0.717) is 24.5 Å². The van der Waals surface area contributed by atoms with E-state index in [1.54, 1.807) is 0 Å². The van der Waals surface area contributed by atoms with Crippen molar-refractivity contribution < 1.29 is 19.4 Å². The van der Waals surface area contributed by atoms with Gasteiger partial charge in [0.25, 0.3) is 0 Å². The quantitative estimate of drug-likeness (QED) is 0.637. The first-order chi connectivity index (χ1) is 11.8. The number of carboxylic acid groups (broad SMARTS) is 1. The summed E-state index contributed by atoms with van der Waals surface area (Å²) in [5.74, 6) is -0.636. The molecule has 1 aromatic heterocycles. The molecule has 7 heteroatoms. The third kappa shape index (κ3) is 6.40. The van der Waals surface area contributed by atoms with Gasteiger partial charge in [-0.1, -0.05) is 27.2 Å². The highest BCUT2D eigenvalue weighted by molar-refractivity contribution is 7.09. The maximum Gasteiger partial charge on any atom is 0.355 e. The van der Waals surface area contributed by atoms with Crippen LogP contribution < -0.4 is 0 Å². The highest BCUT2D eigenvalue weighted by atomic mass is 32.1. The fraction of sp³-hybridized carbons (Fsp3) is 0.722. The predicted molar refractivity (Wildman–Crippen MR) is 99.0 cm³/mol. The summed E-state index contributed by atoms with van der Waals surface area (Å²) >= 11 is 1.29. The lowest BCUT2D eigenvalue weighted by atomic mass is 9.96. The number of ether oxygens (including phenoxy) is 1. The van der Waals surface area contributed by atoms with Crippen LogP contribution in [0.25, 0.3) is 0 Å². The highest BCUT2D eigenvalue weighted by Gasteiger charge is 2.29. The molecule has 1 aromatic rings. The van der Waals surface area contributed by atoms with E-state index in [-0.39, 0.29) is 29.7 Å². The van der Waals surface area contributed by atoms with Gasteiger partial charge in [-0.25, -0.2) is 9.78 Å². The minimum Gasteiger partial charge on any atom is -0.476 e. The predicted octanol–water partition coefficient (Wildman–Crippen LogP) is 3.98. The summed E-state index contributed by atoms with van der Waals surface area (Å²) in [5, 5.41) is 11.3. The summed E-state index contributed by atoms with van der Waals surface area (Å²) in [6.07, 6.45) is 2.72. The molecule has 1 heterocycles. The molecule has 0 aliphatic carbocycles. The minimum absolute atomic E-state index is 0.0121. The first-order valence-corrected chi connectivity index (χ1v) is 9.75. The number of carboxylic acids is 1. The van der Waals surface area contributed by atoms with Gasteiger partial charge in [-0.15, -0.1) is 11.3 Å². The van der Waals surface area contributed by atoms with Crippen molar-refractivity contribution in [1.82, 2.24) is 9.88 Å². The highest BCUT2D eigenvalue weighted by Crippen LogP contribution is 2.30. The summed E-state index contributed by atoms with van der Waals surface area (Å²) in [6.45, 7) is 8.65. The van der Waals surface area contributed by atoms with E-state index in [1.807, 2.05) is 18.9 Å². The van der Waals surface area contributed by atoms with Crippen LogP contribution in [-0.4, -0.2) is 46.6 Å². The zero-order valence-electron chi connectivity index (χ0n) is 15.8. The van der Waals surface area contributed by atoms with Crippen LogP contribution in [0.2, 0.25) is 0 Å². The molecule has 25 heavy (non-hydrogen) atoms. The smallest absolute Gasteiger partial charge is 0.355 e. The third-order valence-electron chi connectivity index (χ3n) is 4.24. The van der Waals surface area contributed by atoms with Gasteiger partial charge in [-0.3, -0.25) is 4.79 Å². The number of hydrogen-bond donors (Lipinski definition) is 1. The van der Waals surface area contributed by atoms with Crippen LogP contribution in [-0.2, 0) is 9.53 Å². The van der Waals surface area contributed by atoms with Crippen LogP contribution in [0.5, 0.6) is 0 Å². The molecule has 1 amide bonds. The molecule has 142 valence electrons. The molecule has 0 bridgehead atoms. The second kappa shape index (κ2) is 10.5. The fourth-order valence-corrected chi connectivity index (χ4v) is 3.61. The summed E-state index contributed by atoms with van der Waals surface area (Å²) in [7, 11) is 1.84. The Balaban J connectivity index is 2.93. The molecular formula is C18H30N2O4S. The lowest BCUT2D eigenvalue weighted by Crippen LogP contribution is -2.41. The van der Waals surface area contributed by atoms with Crippen molar-refractivity contribution in [3.63, 3.8) is 0 Å². The number of aromatic nitrogens is 1. The van der Waals surface area contributed by atoms with E-state index < -0.39 is 5.97 Å². The van der Waals surface area contributed by atoms with Gasteiger partial charge in [0.1, 0.15) is 11.1 Å². The zero-order valence-corrected chi connectivity index (χ0v) is 16.6. The number of amides is 1.